The van der Waals surface area contributed by atoms with Crippen LogP contribution in [0.25, 0.3) is 0 Å². The topological polar surface area (TPSA) is 69.3 Å². The maximum absolute atomic E-state index is 6.16. The Hall–Kier alpha value is -2.89. The van der Waals surface area contributed by atoms with E-state index in [1.807, 2.05) is 30.3 Å². The Morgan fingerprint density at radius 1 is 1.04 bits per heavy atom. The van der Waals surface area contributed by atoms with Crippen LogP contribution in [0.1, 0.15) is 17.2 Å². The molecular formula is C19H23N3O3. The maximum atomic E-state index is 6.16. The molecule has 0 fully saturated rings. The molecule has 2 aromatic rings. The Kier molecular flexibility index (Phi) is 4.97. The van der Waals surface area contributed by atoms with Crippen molar-refractivity contribution in [2.45, 2.75) is 12.6 Å². The monoisotopic (exact) mass is 341 g/mol. The Balaban J connectivity index is 1.99. The predicted molar refractivity (Wildman–Crippen MR) is 97.3 cm³/mol. The van der Waals surface area contributed by atoms with Crippen molar-refractivity contribution in [3.63, 3.8) is 0 Å². The third-order valence-electron chi connectivity index (χ3n) is 4.38. The molecule has 0 saturated heterocycles. The number of nitrogens with two attached hydrogens (primary N) is 1. The quantitative estimate of drug-likeness (QED) is 0.874. The number of nitrogens with zero attached hydrogens (tertiary/aromatic N) is 2. The fourth-order valence-electron chi connectivity index (χ4n) is 3.11. The zero-order valence-corrected chi connectivity index (χ0v) is 14.7. The summed E-state index contributed by atoms with van der Waals surface area (Å²) in [6.07, 6.45) is 0. The number of ether oxygens (including phenoxy) is 3. The summed E-state index contributed by atoms with van der Waals surface area (Å²) in [7, 11) is 4.89. The van der Waals surface area contributed by atoms with Gasteiger partial charge in [0.2, 0.25) is 0 Å². The molecule has 1 unspecified atom stereocenters. The van der Waals surface area contributed by atoms with Gasteiger partial charge in [-0.05, 0) is 5.56 Å². The van der Waals surface area contributed by atoms with Crippen molar-refractivity contribution in [3.05, 3.63) is 53.6 Å². The van der Waals surface area contributed by atoms with Gasteiger partial charge in [0.15, 0.2) is 5.96 Å². The largest absolute Gasteiger partial charge is 0.496 e. The zero-order chi connectivity index (χ0) is 17.8. The summed E-state index contributed by atoms with van der Waals surface area (Å²) >= 11 is 0. The van der Waals surface area contributed by atoms with Gasteiger partial charge in [0.05, 0.1) is 39.5 Å². The molecule has 0 aromatic heterocycles. The lowest BCUT2D eigenvalue weighted by molar-refractivity contribution is 0.306. The van der Waals surface area contributed by atoms with E-state index in [-0.39, 0.29) is 6.04 Å². The van der Waals surface area contributed by atoms with Gasteiger partial charge in [0.1, 0.15) is 17.2 Å². The van der Waals surface area contributed by atoms with Crippen molar-refractivity contribution in [3.8, 4) is 17.2 Å². The van der Waals surface area contributed by atoms with Gasteiger partial charge >= 0.3 is 0 Å². The van der Waals surface area contributed by atoms with Crippen molar-refractivity contribution >= 4 is 5.96 Å². The lowest BCUT2D eigenvalue weighted by Gasteiger charge is -2.29. The maximum Gasteiger partial charge on any atom is 0.192 e. The van der Waals surface area contributed by atoms with Gasteiger partial charge < -0.3 is 24.8 Å². The Morgan fingerprint density at radius 2 is 1.68 bits per heavy atom. The van der Waals surface area contributed by atoms with Crippen molar-refractivity contribution in [2.24, 2.45) is 10.7 Å². The molecule has 1 aliphatic rings. The van der Waals surface area contributed by atoms with E-state index < -0.39 is 0 Å². The summed E-state index contributed by atoms with van der Waals surface area (Å²) in [5, 5.41) is 0. The standard InChI is InChI=1S/C19H23N3O3/c1-23-14-9-16(24-2)18(17(10-14)25-3)15-11-21-19(20)22(15)12-13-7-5-4-6-8-13/h4-10,15H,11-12H2,1-3H3,(H2,20,21). The number of rotatable bonds is 6. The number of hydrogen-bond acceptors (Lipinski definition) is 6. The summed E-state index contributed by atoms with van der Waals surface area (Å²) in [6.45, 7) is 1.22. The van der Waals surface area contributed by atoms with E-state index in [9.17, 15) is 0 Å². The van der Waals surface area contributed by atoms with Crippen LogP contribution in [0.3, 0.4) is 0 Å². The highest BCUT2D eigenvalue weighted by atomic mass is 16.5. The molecule has 1 heterocycles. The molecule has 2 aromatic carbocycles. The van der Waals surface area contributed by atoms with Crippen molar-refractivity contribution in [2.75, 3.05) is 27.9 Å². The number of hydrogen-bond donors (Lipinski definition) is 1. The minimum absolute atomic E-state index is 0.0592. The first-order valence-electron chi connectivity index (χ1n) is 8.08. The first-order chi connectivity index (χ1) is 12.2. The molecule has 1 aliphatic heterocycles. The van der Waals surface area contributed by atoms with E-state index in [1.54, 1.807) is 21.3 Å². The summed E-state index contributed by atoms with van der Waals surface area (Å²) in [5.74, 6) is 2.60. The van der Waals surface area contributed by atoms with Gasteiger partial charge in [-0.1, -0.05) is 30.3 Å². The van der Waals surface area contributed by atoms with E-state index in [2.05, 4.69) is 22.0 Å². The van der Waals surface area contributed by atoms with Gasteiger partial charge in [0.25, 0.3) is 0 Å². The average molecular weight is 341 g/mol. The van der Waals surface area contributed by atoms with Crippen molar-refractivity contribution in [1.82, 2.24) is 4.90 Å². The molecule has 3 rings (SSSR count). The van der Waals surface area contributed by atoms with E-state index in [0.29, 0.717) is 36.3 Å². The molecule has 6 nitrogen and oxygen atoms in total. The normalized spacial score (nSPS) is 16.5. The number of benzene rings is 2. The summed E-state index contributed by atoms with van der Waals surface area (Å²) in [4.78, 5) is 6.51. The number of guanidine groups is 1. The van der Waals surface area contributed by atoms with Crippen LogP contribution in [-0.4, -0.2) is 38.7 Å². The highest BCUT2D eigenvalue weighted by Gasteiger charge is 2.32. The Bertz CT molecular complexity index is 737. The third kappa shape index (κ3) is 3.33. The molecule has 2 N–H and O–H groups in total. The number of methoxy groups -OCH3 is 3. The molecule has 0 radical (unpaired) electrons. The molecule has 0 saturated carbocycles. The van der Waals surface area contributed by atoms with Gasteiger partial charge in [0, 0.05) is 18.7 Å². The van der Waals surface area contributed by atoms with Crippen LogP contribution < -0.4 is 19.9 Å². The minimum atomic E-state index is -0.0592. The second kappa shape index (κ2) is 7.34. The van der Waals surface area contributed by atoms with E-state index in [1.165, 1.54) is 5.56 Å². The van der Waals surface area contributed by atoms with Crippen LogP contribution in [0, 0.1) is 0 Å². The van der Waals surface area contributed by atoms with Gasteiger partial charge in [-0.25, -0.2) is 0 Å². The zero-order valence-electron chi connectivity index (χ0n) is 14.7. The smallest absolute Gasteiger partial charge is 0.192 e. The molecule has 1 atom stereocenters. The second-order valence-electron chi connectivity index (χ2n) is 5.77. The van der Waals surface area contributed by atoms with Crippen LogP contribution in [0.5, 0.6) is 17.2 Å². The van der Waals surface area contributed by atoms with Gasteiger partial charge in [-0.15, -0.1) is 0 Å². The van der Waals surface area contributed by atoms with Gasteiger partial charge in [-0.2, -0.15) is 0 Å². The first-order valence-corrected chi connectivity index (χ1v) is 8.08. The Morgan fingerprint density at radius 3 is 2.24 bits per heavy atom. The highest BCUT2D eigenvalue weighted by molar-refractivity contribution is 5.81. The fraction of sp³-hybridized carbons (Fsp3) is 0.316. The summed E-state index contributed by atoms with van der Waals surface area (Å²) in [6, 6.07) is 13.8. The SMILES string of the molecule is COc1cc(OC)c(C2CN=C(N)N2Cc2ccccc2)c(OC)c1. The summed E-state index contributed by atoms with van der Waals surface area (Å²) in [5.41, 5.74) is 8.25. The van der Waals surface area contributed by atoms with Crippen molar-refractivity contribution in [1.29, 1.82) is 0 Å². The van der Waals surface area contributed by atoms with E-state index in [0.717, 1.165) is 5.56 Å². The molecule has 132 valence electrons. The minimum Gasteiger partial charge on any atom is -0.496 e. The second-order valence-corrected chi connectivity index (χ2v) is 5.77. The number of aliphatic imine (C=N–C) groups is 1. The van der Waals surface area contributed by atoms with Crippen molar-refractivity contribution < 1.29 is 14.2 Å². The van der Waals surface area contributed by atoms with Crippen LogP contribution >= 0.6 is 0 Å². The molecule has 6 heteroatoms. The fourth-order valence-corrected chi connectivity index (χ4v) is 3.11. The van der Waals surface area contributed by atoms with Crippen LogP contribution in [-0.2, 0) is 6.54 Å². The Labute approximate surface area is 147 Å². The van der Waals surface area contributed by atoms with Crippen LogP contribution in [0.15, 0.2) is 47.5 Å². The highest BCUT2D eigenvalue weighted by Crippen LogP contribution is 2.42. The molecular weight excluding hydrogens is 318 g/mol. The van der Waals surface area contributed by atoms with E-state index in [4.69, 9.17) is 19.9 Å². The molecule has 0 spiro atoms. The lowest BCUT2D eigenvalue weighted by atomic mass is 10.0. The molecule has 0 amide bonds. The van der Waals surface area contributed by atoms with E-state index >= 15 is 0 Å². The average Bonchev–Trinajstić information content (AvgIpc) is 3.01. The molecule has 0 bridgehead atoms. The van der Waals surface area contributed by atoms with Gasteiger partial charge in [-0.3, -0.25) is 4.99 Å². The van der Waals surface area contributed by atoms with Crippen LogP contribution in [0.2, 0.25) is 0 Å². The molecule has 0 aliphatic carbocycles. The first kappa shape index (κ1) is 17.0. The molecule has 25 heavy (non-hydrogen) atoms. The van der Waals surface area contributed by atoms with Crippen LogP contribution in [0.4, 0.5) is 0 Å². The third-order valence-corrected chi connectivity index (χ3v) is 4.38. The predicted octanol–water partition coefficient (Wildman–Crippen LogP) is 2.58. The lowest BCUT2D eigenvalue weighted by Crippen LogP contribution is -2.35. The summed E-state index contributed by atoms with van der Waals surface area (Å²) < 4.78 is 16.5.